The molecule has 0 unspecified atom stereocenters. The number of carbonyl (C=O) groups excluding carboxylic acids is 1. The minimum Gasteiger partial charge on any atom is -0.480 e. The van der Waals surface area contributed by atoms with E-state index in [-0.39, 0.29) is 18.7 Å². The highest BCUT2D eigenvalue weighted by molar-refractivity contribution is 5.93. The van der Waals surface area contributed by atoms with Crippen molar-refractivity contribution < 1.29 is 14.7 Å². The van der Waals surface area contributed by atoms with E-state index in [2.05, 4.69) is 20.6 Å². The molecule has 3 rings (SSSR count). The fourth-order valence-corrected chi connectivity index (χ4v) is 2.92. The molecule has 132 valence electrons. The molecule has 1 amide bonds. The number of pyridine rings is 1. The van der Waals surface area contributed by atoms with Crippen LogP contribution >= 0.6 is 0 Å². The van der Waals surface area contributed by atoms with Gasteiger partial charge in [0.2, 0.25) is 0 Å². The quantitative estimate of drug-likeness (QED) is 0.666. The van der Waals surface area contributed by atoms with E-state index in [9.17, 15) is 14.4 Å². The summed E-state index contributed by atoms with van der Waals surface area (Å²) in [5, 5.41) is 18.8. The summed E-state index contributed by atoms with van der Waals surface area (Å²) in [6.07, 6.45) is 6.34. The SMILES string of the molecule is O=C(O)Cn1cc(CNC(=O)c2cc3c([nH]c2=O)CCCCC3)nn1. The molecule has 2 aromatic rings. The largest absolute Gasteiger partial charge is 0.480 e. The van der Waals surface area contributed by atoms with Gasteiger partial charge in [0.15, 0.2) is 0 Å². The van der Waals surface area contributed by atoms with Crippen LogP contribution in [0.1, 0.15) is 46.6 Å². The molecule has 2 aromatic heterocycles. The van der Waals surface area contributed by atoms with Crippen LogP contribution in [0.2, 0.25) is 0 Å². The van der Waals surface area contributed by atoms with Gasteiger partial charge < -0.3 is 15.4 Å². The monoisotopic (exact) mass is 345 g/mol. The molecule has 0 fully saturated rings. The number of nitrogens with one attached hydrogen (secondary N) is 2. The molecule has 0 spiro atoms. The standard InChI is InChI=1S/C16H19N5O4/c22-14(23)9-21-8-11(19-20-21)7-17-15(24)12-6-10-4-2-1-3-5-13(10)18-16(12)25/h6,8H,1-5,7,9H2,(H,17,24)(H,18,25)(H,22,23). The molecular formula is C16H19N5O4. The average Bonchev–Trinajstić information content (AvgIpc) is 2.87. The number of fused-ring (bicyclic) bond motifs is 1. The van der Waals surface area contributed by atoms with Gasteiger partial charge in [-0.05, 0) is 37.3 Å². The first-order valence-corrected chi connectivity index (χ1v) is 8.17. The lowest BCUT2D eigenvalue weighted by atomic mass is 10.1. The summed E-state index contributed by atoms with van der Waals surface area (Å²) in [5.74, 6) is -1.52. The number of aromatic nitrogens is 4. The summed E-state index contributed by atoms with van der Waals surface area (Å²) in [6, 6.07) is 1.68. The summed E-state index contributed by atoms with van der Waals surface area (Å²) in [5.41, 5.74) is 2.05. The lowest BCUT2D eigenvalue weighted by molar-refractivity contribution is -0.137. The Morgan fingerprint density at radius 3 is 2.88 bits per heavy atom. The van der Waals surface area contributed by atoms with Crippen molar-refractivity contribution >= 4 is 11.9 Å². The van der Waals surface area contributed by atoms with Gasteiger partial charge >= 0.3 is 5.97 Å². The summed E-state index contributed by atoms with van der Waals surface area (Å²) in [6.45, 7) is -0.236. The number of aryl methyl sites for hydroxylation is 2. The van der Waals surface area contributed by atoms with Gasteiger partial charge in [0.05, 0.1) is 12.7 Å². The number of hydrogen-bond acceptors (Lipinski definition) is 5. The molecule has 9 nitrogen and oxygen atoms in total. The Morgan fingerprint density at radius 2 is 2.08 bits per heavy atom. The van der Waals surface area contributed by atoms with Crippen molar-refractivity contribution in [3.05, 3.63) is 45.1 Å². The fourth-order valence-electron chi connectivity index (χ4n) is 2.92. The second-order valence-corrected chi connectivity index (χ2v) is 6.06. The Balaban J connectivity index is 1.69. The number of aliphatic carboxylic acids is 1. The Hall–Kier alpha value is -2.97. The molecule has 0 saturated heterocycles. The molecule has 1 aliphatic rings. The van der Waals surface area contributed by atoms with Crippen LogP contribution < -0.4 is 10.9 Å². The van der Waals surface area contributed by atoms with Crippen LogP contribution in [-0.4, -0.2) is 37.0 Å². The van der Waals surface area contributed by atoms with E-state index in [1.807, 2.05) is 0 Å². The maximum Gasteiger partial charge on any atom is 0.325 e. The van der Waals surface area contributed by atoms with Crippen molar-refractivity contribution in [2.45, 2.75) is 45.2 Å². The lowest BCUT2D eigenvalue weighted by Gasteiger charge is -2.08. The molecule has 3 N–H and O–H groups in total. The van der Waals surface area contributed by atoms with E-state index < -0.39 is 17.4 Å². The summed E-state index contributed by atoms with van der Waals surface area (Å²) >= 11 is 0. The first-order chi connectivity index (χ1) is 12.0. The Bertz CT molecular complexity index is 854. The number of aromatic amines is 1. The first-order valence-electron chi connectivity index (χ1n) is 8.17. The average molecular weight is 345 g/mol. The van der Waals surface area contributed by atoms with Crippen LogP contribution in [0, 0.1) is 0 Å². The fraction of sp³-hybridized carbons (Fsp3) is 0.438. The Morgan fingerprint density at radius 1 is 1.28 bits per heavy atom. The zero-order chi connectivity index (χ0) is 17.8. The minimum absolute atomic E-state index is 0.0645. The molecule has 0 aliphatic heterocycles. The predicted octanol–water partition coefficient (Wildman–Crippen LogP) is 0.250. The number of nitrogens with zero attached hydrogens (tertiary/aromatic N) is 3. The van der Waals surface area contributed by atoms with Gasteiger partial charge in [-0.2, -0.15) is 0 Å². The topological polar surface area (TPSA) is 130 Å². The highest BCUT2D eigenvalue weighted by Gasteiger charge is 2.16. The molecule has 0 aromatic carbocycles. The summed E-state index contributed by atoms with van der Waals surface area (Å²) < 4.78 is 1.17. The van der Waals surface area contributed by atoms with Gasteiger partial charge in [0, 0.05) is 5.69 Å². The van der Waals surface area contributed by atoms with E-state index in [1.54, 1.807) is 6.07 Å². The summed E-state index contributed by atoms with van der Waals surface area (Å²) in [7, 11) is 0. The third-order valence-corrected chi connectivity index (χ3v) is 4.15. The summed E-state index contributed by atoms with van der Waals surface area (Å²) in [4.78, 5) is 37.9. The van der Waals surface area contributed by atoms with Gasteiger partial charge in [0.25, 0.3) is 11.5 Å². The van der Waals surface area contributed by atoms with Crippen LogP contribution in [0.4, 0.5) is 0 Å². The second kappa shape index (κ2) is 7.29. The number of carboxylic acids is 1. The van der Waals surface area contributed by atoms with Gasteiger partial charge in [0.1, 0.15) is 17.8 Å². The predicted molar refractivity (Wildman–Crippen MR) is 87.1 cm³/mol. The second-order valence-electron chi connectivity index (χ2n) is 6.06. The molecule has 0 radical (unpaired) electrons. The van der Waals surface area contributed by atoms with Crippen molar-refractivity contribution in [3.63, 3.8) is 0 Å². The third-order valence-electron chi connectivity index (χ3n) is 4.15. The smallest absolute Gasteiger partial charge is 0.325 e. The molecule has 0 atom stereocenters. The maximum absolute atomic E-state index is 12.3. The van der Waals surface area contributed by atoms with Crippen LogP contribution in [0.3, 0.4) is 0 Å². The number of carbonyl (C=O) groups is 2. The van der Waals surface area contributed by atoms with E-state index in [4.69, 9.17) is 5.11 Å². The highest BCUT2D eigenvalue weighted by atomic mass is 16.4. The van der Waals surface area contributed by atoms with Crippen LogP contribution in [-0.2, 0) is 30.7 Å². The minimum atomic E-state index is -1.03. The highest BCUT2D eigenvalue weighted by Crippen LogP contribution is 2.18. The van der Waals surface area contributed by atoms with E-state index in [1.165, 1.54) is 10.9 Å². The van der Waals surface area contributed by atoms with Gasteiger partial charge in [-0.25, -0.2) is 4.68 Å². The van der Waals surface area contributed by atoms with Crippen molar-refractivity contribution in [3.8, 4) is 0 Å². The zero-order valence-electron chi connectivity index (χ0n) is 13.6. The van der Waals surface area contributed by atoms with E-state index >= 15 is 0 Å². The Labute approximate surface area is 143 Å². The molecule has 9 heteroatoms. The van der Waals surface area contributed by atoms with E-state index in [0.717, 1.165) is 43.4 Å². The number of rotatable bonds is 5. The molecule has 25 heavy (non-hydrogen) atoms. The molecule has 2 heterocycles. The number of H-pyrrole nitrogens is 1. The lowest BCUT2D eigenvalue weighted by Crippen LogP contribution is -2.30. The van der Waals surface area contributed by atoms with Gasteiger partial charge in [-0.3, -0.25) is 14.4 Å². The number of amides is 1. The van der Waals surface area contributed by atoms with Crippen molar-refractivity contribution in [2.75, 3.05) is 0 Å². The molecular weight excluding hydrogens is 326 g/mol. The van der Waals surface area contributed by atoms with Gasteiger partial charge in [-0.15, -0.1) is 5.10 Å². The molecule has 0 saturated carbocycles. The first kappa shape index (κ1) is 16.9. The Kier molecular flexibility index (Phi) is 4.92. The van der Waals surface area contributed by atoms with Crippen LogP contribution in [0.5, 0.6) is 0 Å². The van der Waals surface area contributed by atoms with Crippen LogP contribution in [0.15, 0.2) is 17.1 Å². The zero-order valence-corrected chi connectivity index (χ0v) is 13.6. The van der Waals surface area contributed by atoms with Crippen molar-refractivity contribution in [1.82, 2.24) is 25.3 Å². The maximum atomic E-state index is 12.3. The van der Waals surface area contributed by atoms with Crippen molar-refractivity contribution in [2.24, 2.45) is 0 Å². The van der Waals surface area contributed by atoms with E-state index in [0.29, 0.717) is 5.69 Å². The number of hydrogen-bond donors (Lipinski definition) is 3. The molecule has 0 bridgehead atoms. The third kappa shape index (κ3) is 4.11. The normalized spacial score (nSPS) is 13.8. The van der Waals surface area contributed by atoms with Crippen LogP contribution in [0.25, 0.3) is 0 Å². The number of carboxylic acid groups (broad SMARTS) is 1. The van der Waals surface area contributed by atoms with Crippen molar-refractivity contribution in [1.29, 1.82) is 0 Å². The van der Waals surface area contributed by atoms with Gasteiger partial charge in [-0.1, -0.05) is 11.6 Å². The molecule has 1 aliphatic carbocycles.